The summed E-state index contributed by atoms with van der Waals surface area (Å²) >= 11 is 0. The maximum absolute atomic E-state index is 11.9. The number of hydrogen-bond acceptors (Lipinski definition) is 4. The fourth-order valence-electron chi connectivity index (χ4n) is 2.09. The zero-order valence-corrected chi connectivity index (χ0v) is 14.9. The van der Waals surface area contributed by atoms with Gasteiger partial charge in [-0.05, 0) is 37.1 Å². The summed E-state index contributed by atoms with van der Waals surface area (Å²) in [6.07, 6.45) is 4.95. The van der Waals surface area contributed by atoms with Crippen LogP contribution in [0.15, 0.2) is 72.8 Å². The lowest BCUT2D eigenvalue weighted by Crippen LogP contribution is -2.29. The number of benzene rings is 2. The monoisotopic (exact) mass is 350 g/mol. The molecule has 0 amide bonds. The first-order valence-electron chi connectivity index (χ1n) is 8.42. The Morgan fingerprint density at radius 1 is 0.692 bits per heavy atom. The van der Waals surface area contributed by atoms with Crippen LogP contribution >= 0.6 is 0 Å². The van der Waals surface area contributed by atoms with Crippen LogP contribution in [0, 0.1) is 0 Å². The van der Waals surface area contributed by atoms with E-state index >= 15 is 0 Å². The molecule has 0 spiro atoms. The summed E-state index contributed by atoms with van der Waals surface area (Å²) in [4.78, 5) is 23.7. The van der Waals surface area contributed by atoms with E-state index in [1.165, 1.54) is 12.2 Å². The van der Waals surface area contributed by atoms with Gasteiger partial charge in [-0.15, -0.1) is 0 Å². The molecule has 2 aromatic carbocycles. The van der Waals surface area contributed by atoms with Crippen molar-refractivity contribution in [1.82, 2.24) is 0 Å². The predicted octanol–water partition coefficient (Wildman–Crippen LogP) is 4.28. The lowest BCUT2D eigenvalue weighted by Gasteiger charge is -2.19. The molecule has 26 heavy (non-hydrogen) atoms. The summed E-state index contributed by atoms with van der Waals surface area (Å²) in [5, 5.41) is 0. The molecule has 4 heteroatoms. The minimum atomic E-state index is -0.558. The molecule has 134 valence electrons. The van der Waals surface area contributed by atoms with Crippen molar-refractivity contribution in [3.05, 3.63) is 83.9 Å². The van der Waals surface area contributed by atoms with Crippen molar-refractivity contribution in [2.45, 2.75) is 26.1 Å². The first-order valence-corrected chi connectivity index (χ1v) is 8.42. The third-order valence-electron chi connectivity index (χ3n) is 3.69. The summed E-state index contributed by atoms with van der Waals surface area (Å²) in [6, 6.07) is 18.9. The van der Waals surface area contributed by atoms with Gasteiger partial charge in [0.2, 0.25) is 0 Å². The van der Waals surface area contributed by atoms with Gasteiger partial charge in [0, 0.05) is 12.2 Å². The molecule has 2 unspecified atom stereocenters. The predicted molar refractivity (Wildman–Crippen MR) is 102 cm³/mol. The van der Waals surface area contributed by atoms with E-state index in [-0.39, 0.29) is 0 Å². The van der Waals surface area contributed by atoms with Crippen LogP contribution in [-0.4, -0.2) is 24.1 Å². The number of carbonyl (C=O) groups excluding carboxylic acids is 2. The Balaban J connectivity index is 1.80. The van der Waals surface area contributed by atoms with Gasteiger partial charge >= 0.3 is 11.9 Å². The van der Waals surface area contributed by atoms with E-state index in [9.17, 15) is 9.59 Å². The van der Waals surface area contributed by atoms with Crippen molar-refractivity contribution < 1.29 is 19.1 Å². The lowest BCUT2D eigenvalue weighted by atomic mass is 10.2. The third kappa shape index (κ3) is 6.77. The highest BCUT2D eigenvalue weighted by atomic mass is 16.6. The lowest BCUT2D eigenvalue weighted by molar-refractivity contribution is -0.158. The molecule has 0 aromatic heterocycles. The van der Waals surface area contributed by atoms with Crippen LogP contribution in [0.25, 0.3) is 12.2 Å². The van der Waals surface area contributed by atoms with Crippen molar-refractivity contribution in [2.75, 3.05) is 0 Å². The van der Waals surface area contributed by atoms with E-state index in [0.717, 1.165) is 11.1 Å². The Bertz CT molecular complexity index is 696. The molecule has 0 heterocycles. The molecule has 2 rings (SSSR count). The van der Waals surface area contributed by atoms with Gasteiger partial charge in [-0.2, -0.15) is 0 Å². The van der Waals surface area contributed by atoms with Crippen molar-refractivity contribution in [3.8, 4) is 0 Å². The van der Waals surface area contributed by atoms with E-state index in [4.69, 9.17) is 9.47 Å². The topological polar surface area (TPSA) is 52.6 Å². The first-order chi connectivity index (χ1) is 12.5. The van der Waals surface area contributed by atoms with Crippen molar-refractivity contribution in [1.29, 1.82) is 0 Å². The fourth-order valence-corrected chi connectivity index (χ4v) is 2.09. The van der Waals surface area contributed by atoms with E-state index in [0.29, 0.717) is 0 Å². The van der Waals surface area contributed by atoms with Crippen LogP contribution < -0.4 is 0 Å². The van der Waals surface area contributed by atoms with Gasteiger partial charge in [-0.25, -0.2) is 9.59 Å². The molecule has 0 radical (unpaired) electrons. The van der Waals surface area contributed by atoms with E-state index in [2.05, 4.69) is 0 Å². The maximum Gasteiger partial charge on any atom is 0.331 e. The van der Waals surface area contributed by atoms with Crippen LogP contribution in [0.1, 0.15) is 25.0 Å². The van der Waals surface area contributed by atoms with Crippen LogP contribution in [0.4, 0.5) is 0 Å². The highest BCUT2D eigenvalue weighted by molar-refractivity contribution is 5.88. The largest absolute Gasteiger partial charge is 0.456 e. The summed E-state index contributed by atoms with van der Waals surface area (Å²) < 4.78 is 10.5. The molecular formula is C22H22O4. The van der Waals surface area contributed by atoms with Crippen LogP contribution in [0.3, 0.4) is 0 Å². The average molecular weight is 350 g/mol. The Hall–Kier alpha value is -3.14. The number of hydrogen-bond donors (Lipinski definition) is 0. The van der Waals surface area contributed by atoms with Crippen LogP contribution in [0.2, 0.25) is 0 Å². The molecule has 0 saturated carbocycles. The summed E-state index contributed by atoms with van der Waals surface area (Å²) in [5.74, 6) is -0.965. The molecule has 0 N–H and O–H groups in total. The highest BCUT2D eigenvalue weighted by Crippen LogP contribution is 2.08. The molecule has 4 nitrogen and oxygen atoms in total. The molecule has 0 saturated heterocycles. The second-order valence-corrected chi connectivity index (χ2v) is 5.77. The highest BCUT2D eigenvalue weighted by Gasteiger charge is 2.18. The van der Waals surface area contributed by atoms with E-state index in [1.807, 2.05) is 60.7 Å². The van der Waals surface area contributed by atoms with Gasteiger partial charge in [0.25, 0.3) is 0 Å². The Kier molecular flexibility index (Phi) is 7.37. The van der Waals surface area contributed by atoms with Crippen molar-refractivity contribution in [2.24, 2.45) is 0 Å². The van der Waals surface area contributed by atoms with Gasteiger partial charge in [-0.3, -0.25) is 0 Å². The van der Waals surface area contributed by atoms with Gasteiger partial charge in [0.15, 0.2) is 0 Å². The minimum absolute atomic E-state index is 0.482. The van der Waals surface area contributed by atoms with Crippen molar-refractivity contribution in [3.63, 3.8) is 0 Å². The zero-order chi connectivity index (χ0) is 18.8. The fraction of sp³-hybridized carbons (Fsp3) is 0.182. The van der Waals surface area contributed by atoms with Gasteiger partial charge in [-0.1, -0.05) is 60.7 Å². The molecule has 0 fully saturated rings. The van der Waals surface area contributed by atoms with Gasteiger partial charge < -0.3 is 9.47 Å². The smallest absolute Gasteiger partial charge is 0.331 e. The molecule has 0 aliphatic carbocycles. The summed E-state index contributed by atoms with van der Waals surface area (Å²) in [7, 11) is 0. The van der Waals surface area contributed by atoms with Crippen LogP contribution in [-0.2, 0) is 19.1 Å². The van der Waals surface area contributed by atoms with E-state index in [1.54, 1.807) is 26.0 Å². The SMILES string of the molecule is CC(OC(=O)/C=C/c1ccccc1)C(C)OC(=O)/C=C/c1ccccc1. The van der Waals surface area contributed by atoms with Gasteiger partial charge in [0.1, 0.15) is 12.2 Å². The maximum atomic E-state index is 11.9. The summed E-state index contributed by atoms with van der Waals surface area (Å²) in [5.41, 5.74) is 1.81. The normalized spacial score (nSPS) is 13.5. The molecule has 2 atom stereocenters. The number of esters is 2. The first kappa shape index (κ1) is 19.2. The minimum Gasteiger partial charge on any atom is -0.456 e. The van der Waals surface area contributed by atoms with Crippen molar-refractivity contribution >= 4 is 24.1 Å². The van der Waals surface area contributed by atoms with Gasteiger partial charge in [0.05, 0.1) is 0 Å². The molecule has 0 bridgehead atoms. The average Bonchev–Trinajstić information content (AvgIpc) is 2.66. The second kappa shape index (κ2) is 9.99. The number of rotatable bonds is 7. The number of carbonyl (C=O) groups is 2. The second-order valence-electron chi connectivity index (χ2n) is 5.77. The van der Waals surface area contributed by atoms with E-state index < -0.39 is 24.1 Å². The molecule has 2 aromatic rings. The standard InChI is InChI=1S/C22H22O4/c1-17(25-21(23)15-13-19-9-5-3-6-10-19)18(2)26-22(24)16-14-20-11-7-4-8-12-20/h3-18H,1-2H3/b15-13+,16-14+. The molecule has 0 aliphatic rings. The number of ether oxygens (including phenoxy) is 2. The molecule has 0 aliphatic heterocycles. The Labute approximate surface area is 153 Å². The zero-order valence-electron chi connectivity index (χ0n) is 14.9. The third-order valence-corrected chi connectivity index (χ3v) is 3.69. The Morgan fingerprint density at radius 3 is 1.38 bits per heavy atom. The quantitative estimate of drug-likeness (QED) is 0.552. The van der Waals surface area contributed by atoms with Crippen LogP contribution in [0.5, 0.6) is 0 Å². The molecular weight excluding hydrogens is 328 g/mol. The Morgan fingerprint density at radius 2 is 1.04 bits per heavy atom. The summed E-state index contributed by atoms with van der Waals surface area (Å²) in [6.45, 7) is 3.38.